The molecule has 1 N–H and O–H groups in total. The van der Waals surface area contributed by atoms with Crippen LogP contribution in [0.3, 0.4) is 0 Å². The van der Waals surface area contributed by atoms with Crippen LogP contribution in [0.5, 0.6) is 0 Å². The summed E-state index contributed by atoms with van der Waals surface area (Å²) in [5.41, 5.74) is 0.438. The van der Waals surface area contributed by atoms with Crippen molar-refractivity contribution in [2.75, 3.05) is 20.1 Å². The van der Waals surface area contributed by atoms with Crippen molar-refractivity contribution in [3.8, 4) is 0 Å². The number of rotatable bonds is 3. The van der Waals surface area contributed by atoms with Crippen LogP contribution in [0.15, 0.2) is 17.4 Å². The van der Waals surface area contributed by atoms with Crippen LogP contribution >= 0.6 is 0 Å². The fraction of sp³-hybridized carbons (Fsp3) is 0.636. The van der Waals surface area contributed by atoms with Crippen molar-refractivity contribution in [1.29, 1.82) is 0 Å². The lowest BCUT2D eigenvalue weighted by Crippen LogP contribution is -2.46. The Bertz CT molecular complexity index is 512. The van der Waals surface area contributed by atoms with Crippen LogP contribution in [-0.4, -0.2) is 48.9 Å². The van der Waals surface area contributed by atoms with E-state index in [-0.39, 0.29) is 11.1 Å². The van der Waals surface area contributed by atoms with Gasteiger partial charge in [-0.1, -0.05) is 0 Å². The number of sulfonamides is 1. The molecule has 1 fully saturated rings. The van der Waals surface area contributed by atoms with E-state index >= 15 is 0 Å². The van der Waals surface area contributed by atoms with Gasteiger partial charge in [-0.3, -0.25) is 4.98 Å². The summed E-state index contributed by atoms with van der Waals surface area (Å²) in [6.07, 6.45) is 4.77. The van der Waals surface area contributed by atoms with Gasteiger partial charge in [0.25, 0.3) is 10.0 Å². The third kappa shape index (κ3) is 2.52. The molecule has 7 heteroatoms. The molecule has 0 radical (unpaired) electrons. The lowest BCUT2D eigenvalue weighted by molar-refractivity contribution is 0.299. The van der Waals surface area contributed by atoms with E-state index in [1.165, 1.54) is 16.7 Å². The molecule has 1 aliphatic heterocycles. The Hall–Kier alpha value is -1.05. The highest BCUT2D eigenvalue weighted by Crippen LogP contribution is 2.19. The summed E-state index contributed by atoms with van der Waals surface area (Å²) in [5, 5.41) is 3.27. The highest BCUT2D eigenvalue weighted by atomic mass is 32.2. The predicted molar refractivity (Wildman–Crippen MR) is 67.6 cm³/mol. The van der Waals surface area contributed by atoms with Crippen molar-refractivity contribution in [1.82, 2.24) is 19.6 Å². The smallest absolute Gasteiger partial charge is 0.262 e. The number of piperidine rings is 1. The number of nitrogens with one attached hydrogen (secondary N) is 1. The largest absolute Gasteiger partial charge is 0.315 e. The zero-order valence-electron chi connectivity index (χ0n) is 10.6. The van der Waals surface area contributed by atoms with Crippen molar-refractivity contribution in [3.05, 3.63) is 18.1 Å². The van der Waals surface area contributed by atoms with Gasteiger partial charge in [-0.05, 0) is 26.3 Å². The molecule has 0 unspecified atom stereocenters. The molecular weight excluding hydrogens is 252 g/mol. The van der Waals surface area contributed by atoms with Gasteiger partial charge in [-0.25, -0.2) is 13.4 Å². The monoisotopic (exact) mass is 270 g/mol. The second kappa shape index (κ2) is 5.29. The van der Waals surface area contributed by atoms with E-state index in [4.69, 9.17) is 0 Å². The van der Waals surface area contributed by atoms with Crippen molar-refractivity contribution in [3.63, 3.8) is 0 Å². The minimum Gasteiger partial charge on any atom is -0.315 e. The first-order valence-corrected chi connectivity index (χ1v) is 7.44. The first-order valence-electron chi connectivity index (χ1n) is 6.00. The summed E-state index contributed by atoms with van der Waals surface area (Å²) in [6.45, 7) is 3.30. The summed E-state index contributed by atoms with van der Waals surface area (Å²) in [4.78, 5) is 7.94. The topological polar surface area (TPSA) is 75.2 Å². The number of aromatic nitrogens is 2. The Morgan fingerprint density at radius 2 is 2.11 bits per heavy atom. The molecule has 2 rings (SSSR count). The van der Waals surface area contributed by atoms with E-state index in [2.05, 4.69) is 15.3 Å². The standard InChI is InChI=1S/C11H18N4O2S/c1-9-11(14-7-6-13-9)18(16,17)15(2)10-4-3-5-12-8-10/h6-7,10,12H,3-5,8H2,1-2H3/t10-/m0/s1. The number of likely N-dealkylation sites (N-methyl/N-ethyl adjacent to an activating group) is 1. The molecule has 0 spiro atoms. The molecule has 6 nitrogen and oxygen atoms in total. The normalized spacial score (nSPS) is 21.2. The third-order valence-electron chi connectivity index (χ3n) is 3.24. The van der Waals surface area contributed by atoms with Gasteiger partial charge in [0.05, 0.1) is 5.69 Å². The fourth-order valence-electron chi connectivity index (χ4n) is 2.12. The molecule has 1 aromatic heterocycles. The Balaban J connectivity index is 2.28. The minimum atomic E-state index is -3.55. The zero-order valence-corrected chi connectivity index (χ0v) is 11.4. The van der Waals surface area contributed by atoms with Crippen LogP contribution in [0.25, 0.3) is 0 Å². The molecule has 0 aromatic carbocycles. The van der Waals surface area contributed by atoms with Gasteiger partial charge >= 0.3 is 0 Å². The van der Waals surface area contributed by atoms with Crippen LogP contribution in [0.1, 0.15) is 18.5 Å². The quantitative estimate of drug-likeness (QED) is 0.846. The molecular formula is C11H18N4O2S. The molecule has 2 heterocycles. The molecule has 100 valence electrons. The first kappa shape index (κ1) is 13.4. The maximum Gasteiger partial charge on any atom is 0.262 e. The molecule has 1 aromatic rings. The number of hydrogen-bond donors (Lipinski definition) is 1. The highest BCUT2D eigenvalue weighted by molar-refractivity contribution is 7.89. The van der Waals surface area contributed by atoms with Gasteiger partial charge in [-0.2, -0.15) is 4.31 Å². The van der Waals surface area contributed by atoms with E-state index in [9.17, 15) is 8.42 Å². The average molecular weight is 270 g/mol. The maximum atomic E-state index is 12.4. The third-order valence-corrected chi connectivity index (χ3v) is 5.19. The number of nitrogens with zero attached hydrogens (tertiary/aromatic N) is 3. The van der Waals surface area contributed by atoms with Crippen LogP contribution in [-0.2, 0) is 10.0 Å². The maximum absolute atomic E-state index is 12.4. The van der Waals surface area contributed by atoms with E-state index in [1.54, 1.807) is 14.0 Å². The zero-order chi connectivity index (χ0) is 13.2. The molecule has 1 atom stereocenters. The Labute approximate surface area is 107 Å². The Morgan fingerprint density at radius 3 is 2.72 bits per heavy atom. The molecule has 0 aliphatic carbocycles. The summed E-state index contributed by atoms with van der Waals surface area (Å²) in [6, 6.07) is -0.00911. The van der Waals surface area contributed by atoms with Crippen LogP contribution in [0.2, 0.25) is 0 Å². The summed E-state index contributed by atoms with van der Waals surface area (Å²) < 4.78 is 26.3. The van der Waals surface area contributed by atoms with E-state index in [0.29, 0.717) is 12.2 Å². The van der Waals surface area contributed by atoms with E-state index < -0.39 is 10.0 Å². The van der Waals surface area contributed by atoms with Crippen LogP contribution in [0, 0.1) is 6.92 Å². The lowest BCUT2D eigenvalue weighted by Gasteiger charge is -2.30. The first-order chi connectivity index (χ1) is 8.53. The van der Waals surface area contributed by atoms with Crippen molar-refractivity contribution in [2.24, 2.45) is 0 Å². The van der Waals surface area contributed by atoms with Crippen LogP contribution < -0.4 is 5.32 Å². The van der Waals surface area contributed by atoms with Gasteiger partial charge in [0.1, 0.15) is 0 Å². The molecule has 1 saturated heterocycles. The van der Waals surface area contributed by atoms with Crippen molar-refractivity contribution in [2.45, 2.75) is 30.8 Å². The number of aryl methyl sites for hydroxylation is 1. The highest BCUT2D eigenvalue weighted by Gasteiger charge is 2.31. The molecule has 1 aliphatic rings. The summed E-state index contributed by atoms with van der Waals surface area (Å²) in [5.74, 6) is 0. The lowest BCUT2D eigenvalue weighted by atomic mass is 10.1. The van der Waals surface area contributed by atoms with Gasteiger partial charge in [0, 0.05) is 32.0 Å². The Morgan fingerprint density at radius 1 is 1.39 bits per heavy atom. The van der Waals surface area contributed by atoms with Crippen LogP contribution in [0.4, 0.5) is 0 Å². The van der Waals surface area contributed by atoms with Crippen molar-refractivity contribution >= 4 is 10.0 Å². The second-order valence-electron chi connectivity index (χ2n) is 4.47. The molecule has 18 heavy (non-hydrogen) atoms. The second-order valence-corrected chi connectivity index (χ2v) is 6.38. The molecule has 0 amide bonds. The van der Waals surface area contributed by atoms with Gasteiger partial charge in [0.2, 0.25) is 0 Å². The van der Waals surface area contributed by atoms with E-state index in [0.717, 1.165) is 19.4 Å². The molecule has 0 saturated carbocycles. The van der Waals surface area contributed by atoms with Gasteiger partial charge in [-0.15, -0.1) is 0 Å². The van der Waals surface area contributed by atoms with E-state index in [1.807, 2.05) is 0 Å². The van der Waals surface area contributed by atoms with Crippen molar-refractivity contribution < 1.29 is 8.42 Å². The SMILES string of the molecule is Cc1nccnc1S(=O)(=O)N(C)[C@H]1CCCNC1. The summed E-state index contributed by atoms with van der Waals surface area (Å²) in [7, 11) is -1.94. The van der Waals surface area contributed by atoms with Gasteiger partial charge in [0.15, 0.2) is 5.03 Å². The minimum absolute atomic E-state index is 0.00911. The van der Waals surface area contributed by atoms with Gasteiger partial charge < -0.3 is 5.32 Å². The summed E-state index contributed by atoms with van der Waals surface area (Å²) >= 11 is 0. The Kier molecular flexibility index (Phi) is 3.94. The average Bonchev–Trinajstić information content (AvgIpc) is 2.39. The predicted octanol–water partition coefficient (Wildman–Crippen LogP) is 0.158. The molecule has 0 bridgehead atoms. The number of hydrogen-bond acceptors (Lipinski definition) is 5. The fourth-order valence-corrected chi connectivity index (χ4v) is 3.59.